The Morgan fingerprint density at radius 2 is 1.73 bits per heavy atom. The highest BCUT2D eigenvalue weighted by Crippen LogP contribution is 2.28. The van der Waals surface area contributed by atoms with Crippen molar-refractivity contribution in [2.75, 3.05) is 13.1 Å². The number of carbonyl (C=O) groups is 3. The van der Waals surface area contributed by atoms with Gasteiger partial charge in [0.2, 0.25) is 11.8 Å². The van der Waals surface area contributed by atoms with Crippen molar-refractivity contribution in [3.8, 4) is 5.75 Å². The first-order valence-corrected chi connectivity index (χ1v) is 7.68. The van der Waals surface area contributed by atoms with Crippen molar-refractivity contribution in [2.24, 2.45) is 0 Å². The van der Waals surface area contributed by atoms with Crippen molar-refractivity contribution in [2.45, 2.75) is 20.3 Å². The fraction of sp³-hybridized carbons (Fsp3) is 0.294. The van der Waals surface area contributed by atoms with Gasteiger partial charge in [-0.2, -0.15) is 0 Å². The van der Waals surface area contributed by atoms with Crippen LogP contribution in [-0.4, -0.2) is 36.0 Å². The van der Waals surface area contributed by atoms with E-state index in [0.29, 0.717) is 16.5 Å². The van der Waals surface area contributed by atoms with E-state index in [4.69, 9.17) is 4.42 Å². The van der Waals surface area contributed by atoms with E-state index in [9.17, 15) is 29.4 Å². The van der Waals surface area contributed by atoms with Crippen molar-refractivity contribution >= 4 is 28.8 Å². The Labute approximate surface area is 147 Å². The van der Waals surface area contributed by atoms with E-state index in [0.717, 1.165) is 0 Å². The Balaban J connectivity index is 2.14. The third kappa shape index (κ3) is 4.18. The first kappa shape index (κ1) is 19.0. The molecule has 0 aliphatic rings. The van der Waals surface area contributed by atoms with E-state index in [-0.39, 0.29) is 23.3 Å². The van der Waals surface area contributed by atoms with Crippen molar-refractivity contribution in [1.82, 2.24) is 10.6 Å². The Morgan fingerprint density at radius 1 is 1.08 bits per heavy atom. The lowest BCUT2D eigenvalue weighted by molar-refractivity contribution is -0.304. The minimum Gasteiger partial charge on any atom is -0.548 e. The van der Waals surface area contributed by atoms with Gasteiger partial charge in [0.1, 0.15) is 11.3 Å². The zero-order chi connectivity index (χ0) is 19.4. The number of aryl methyl sites for hydroxylation is 2. The molecule has 2 rings (SSSR count). The van der Waals surface area contributed by atoms with Crippen LogP contribution in [0.2, 0.25) is 0 Å². The summed E-state index contributed by atoms with van der Waals surface area (Å²) in [5.74, 6) is -2.75. The highest BCUT2D eigenvalue weighted by Gasteiger charge is 2.17. The summed E-state index contributed by atoms with van der Waals surface area (Å²) in [6.45, 7) is 2.17. The standard InChI is InChI=1S/C17H18N2O7/c1-8-10-3-4-12(20)9(2)16(10)26-17(25)11(8)5-13(21)18-6-14(22)19-7-15(23)24/h3-4,20H,5-7H2,1-2H3,(H,18,21)(H,19,22)(H,23,24)/p-1. The monoisotopic (exact) mass is 361 g/mol. The lowest BCUT2D eigenvalue weighted by Crippen LogP contribution is -2.43. The highest BCUT2D eigenvalue weighted by molar-refractivity contribution is 5.89. The second-order valence-corrected chi connectivity index (χ2v) is 5.68. The molecule has 0 aliphatic carbocycles. The van der Waals surface area contributed by atoms with Crippen molar-refractivity contribution in [3.63, 3.8) is 0 Å². The van der Waals surface area contributed by atoms with E-state index >= 15 is 0 Å². The molecule has 1 heterocycles. The van der Waals surface area contributed by atoms with Gasteiger partial charge in [0.25, 0.3) is 0 Å². The summed E-state index contributed by atoms with van der Waals surface area (Å²) in [4.78, 5) is 45.8. The maximum atomic E-state index is 12.2. The molecule has 9 nitrogen and oxygen atoms in total. The summed E-state index contributed by atoms with van der Waals surface area (Å²) in [6.07, 6.45) is -0.308. The molecule has 1 aromatic carbocycles. The van der Waals surface area contributed by atoms with Gasteiger partial charge in [-0.05, 0) is 31.5 Å². The van der Waals surface area contributed by atoms with Crippen LogP contribution in [0, 0.1) is 13.8 Å². The number of hydrogen-bond donors (Lipinski definition) is 3. The minimum atomic E-state index is -1.45. The number of carboxylic acids is 1. The molecule has 0 fully saturated rings. The fourth-order valence-electron chi connectivity index (χ4n) is 2.42. The Bertz CT molecular complexity index is 946. The zero-order valence-corrected chi connectivity index (χ0v) is 14.2. The summed E-state index contributed by atoms with van der Waals surface area (Å²) in [5, 5.41) is 24.9. The number of aliphatic carboxylic acids is 1. The van der Waals surface area contributed by atoms with Gasteiger partial charge in [0.15, 0.2) is 0 Å². The molecule has 0 spiro atoms. The van der Waals surface area contributed by atoms with Crippen LogP contribution in [0.3, 0.4) is 0 Å². The number of phenolic OH excluding ortho intramolecular Hbond substituents is 1. The topological polar surface area (TPSA) is 149 Å². The average molecular weight is 361 g/mol. The van der Waals surface area contributed by atoms with Gasteiger partial charge in [-0.15, -0.1) is 0 Å². The van der Waals surface area contributed by atoms with Crippen molar-refractivity contribution in [1.29, 1.82) is 0 Å². The lowest BCUT2D eigenvalue weighted by atomic mass is 10.0. The number of carbonyl (C=O) groups excluding carboxylic acids is 3. The largest absolute Gasteiger partial charge is 0.548 e. The van der Waals surface area contributed by atoms with Crippen LogP contribution in [0.15, 0.2) is 21.3 Å². The third-order valence-electron chi connectivity index (χ3n) is 3.89. The Hall–Kier alpha value is -3.36. The van der Waals surface area contributed by atoms with Crippen LogP contribution in [0.1, 0.15) is 16.7 Å². The molecule has 0 bridgehead atoms. The number of amides is 2. The van der Waals surface area contributed by atoms with Crippen LogP contribution in [0.25, 0.3) is 11.0 Å². The van der Waals surface area contributed by atoms with E-state index in [1.807, 2.05) is 5.32 Å². The lowest BCUT2D eigenvalue weighted by Gasteiger charge is -2.10. The van der Waals surface area contributed by atoms with Gasteiger partial charge >= 0.3 is 5.63 Å². The number of benzene rings is 1. The SMILES string of the molecule is Cc1c(CC(=O)NCC(=O)NCC(=O)[O-])c(=O)oc2c(C)c(O)ccc12. The molecule has 3 N–H and O–H groups in total. The van der Waals surface area contributed by atoms with E-state index < -0.39 is 36.5 Å². The first-order valence-electron chi connectivity index (χ1n) is 7.68. The molecule has 0 aliphatic heterocycles. The summed E-state index contributed by atoms with van der Waals surface area (Å²) in [6, 6.07) is 3.06. The molecule has 0 saturated heterocycles. The molecule has 0 radical (unpaired) electrons. The molecule has 0 atom stereocenters. The number of hydrogen-bond acceptors (Lipinski definition) is 7. The summed E-state index contributed by atoms with van der Waals surface area (Å²) >= 11 is 0. The van der Waals surface area contributed by atoms with Gasteiger partial charge in [0.05, 0.1) is 31.0 Å². The van der Waals surface area contributed by atoms with Crippen molar-refractivity contribution in [3.05, 3.63) is 39.2 Å². The quantitative estimate of drug-likeness (QED) is 0.538. The Kier molecular flexibility index (Phi) is 5.61. The van der Waals surface area contributed by atoms with Gasteiger partial charge < -0.3 is 30.1 Å². The molecule has 9 heteroatoms. The minimum absolute atomic E-state index is 0.00637. The molecule has 0 unspecified atom stereocenters. The highest BCUT2D eigenvalue weighted by atomic mass is 16.4. The molecule has 2 aromatic rings. The van der Waals surface area contributed by atoms with Crippen LogP contribution in [0.4, 0.5) is 0 Å². The molecular formula is C17H17N2O7-. The second-order valence-electron chi connectivity index (χ2n) is 5.68. The van der Waals surface area contributed by atoms with Gasteiger partial charge in [-0.25, -0.2) is 4.79 Å². The van der Waals surface area contributed by atoms with Crippen LogP contribution >= 0.6 is 0 Å². The normalized spacial score (nSPS) is 10.5. The van der Waals surface area contributed by atoms with E-state index in [1.165, 1.54) is 6.07 Å². The number of fused-ring (bicyclic) bond motifs is 1. The maximum Gasteiger partial charge on any atom is 0.340 e. The average Bonchev–Trinajstić information content (AvgIpc) is 2.58. The summed E-state index contributed by atoms with van der Waals surface area (Å²) < 4.78 is 5.23. The molecule has 26 heavy (non-hydrogen) atoms. The van der Waals surface area contributed by atoms with Crippen LogP contribution < -0.4 is 21.4 Å². The smallest absolute Gasteiger partial charge is 0.340 e. The number of nitrogens with one attached hydrogen (secondary N) is 2. The number of carboxylic acid groups (broad SMARTS) is 1. The number of aromatic hydroxyl groups is 1. The Morgan fingerprint density at radius 3 is 2.38 bits per heavy atom. The van der Waals surface area contributed by atoms with Gasteiger partial charge in [0, 0.05) is 10.9 Å². The van der Waals surface area contributed by atoms with Gasteiger partial charge in [-0.1, -0.05) is 0 Å². The molecule has 0 saturated carbocycles. The van der Waals surface area contributed by atoms with Crippen LogP contribution in [-0.2, 0) is 20.8 Å². The zero-order valence-electron chi connectivity index (χ0n) is 14.2. The predicted octanol–water partition coefficient (Wildman–Crippen LogP) is -1.36. The van der Waals surface area contributed by atoms with Crippen LogP contribution in [0.5, 0.6) is 5.75 Å². The summed E-state index contributed by atoms with van der Waals surface area (Å²) in [5.41, 5.74) is 0.632. The predicted molar refractivity (Wildman–Crippen MR) is 88.4 cm³/mol. The van der Waals surface area contributed by atoms with E-state index in [1.54, 1.807) is 19.9 Å². The fourth-order valence-corrected chi connectivity index (χ4v) is 2.42. The molecule has 138 valence electrons. The first-order chi connectivity index (χ1) is 12.2. The maximum absolute atomic E-state index is 12.2. The summed E-state index contributed by atoms with van der Waals surface area (Å²) in [7, 11) is 0. The number of rotatable bonds is 6. The number of phenols is 1. The second kappa shape index (κ2) is 7.68. The molecule has 2 amide bonds. The molecule has 1 aromatic heterocycles. The van der Waals surface area contributed by atoms with Crippen molar-refractivity contribution < 1.29 is 29.0 Å². The van der Waals surface area contributed by atoms with E-state index in [2.05, 4.69) is 5.32 Å². The third-order valence-corrected chi connectivity index (χ3v) is 3.89. The molecular weight excluding hydrogens is 344 g/mol. The van der Waals surface area contributed by atoms with Gasteiger partial charge in [-0.3, -0.25) is 9.59 Å².